The number of para-hydroxylation sites is 1. The molecule has 4 rings (SSSR count). The Morgan fingerprint density at radius 3 is 2.55 bits per heavy atom. The Labute approximate surface area is 178 Å². The molecule has 0 bridgehead atoms. The van der Waals surface area contributed by atoms with E-state index in [2.05, 4.69) is 20.9 Å². The molecule has 1 aromatic carbocycles. The van der Waals surface area contributed by atoms with Crippen LogP contribution in [0, 0.1) is 0 Å². The topological polar surface area (TPSA) is 131 Å². The second-order valence-electron chi connectivity index (χ2n) is 7.98. The zero-order valence-corrected chi connectivity index (χ0v) is 17.5. The molecule has 1 aromatic heterocycles. The van der Waals surface area contributed by atoms with E-state index in [4.69, 9.17) is 0 Å². The SMILES string of the molecule is CC[C@]1(C)NC(=O)N(NC(=O)CN2CCN(C(=O)c3n[nH]c4ccccc34)CC2)C1=O. The van der Waals surface area contributed by atoms with E-state index in [1.54, 1.807) is 18.7 Å². The van der Waals surface area contributed by atoms with Gasteiger partial charge in [0.05, 0.1) is 12.1 Å². The Kier molecular flexibility index (Phi) is 5.36. The molecular formula is C20H25N7O4. The molecule has 3 N–H and O–H groups in total. The maximum absolute atomic E-state index is 12.9. The number of carbonyl (C=O) groups excluding carboxylic acids is 4. The van der Waals surface area contributed by atoms with E-state index in [1.165, 1.54) is 0 Å². The molecule has 0 spiro atoms. The molecule has 1 atom stereocenters. The number of aromatic nitrogens is 2. The highest BCUT2D eigenvalue weighted by atomic mass is 16.2. The highest BCUT2D eigenvalue weighted by Gasteiger charge is 2.47. The summed E-state index contributed by atoms with van der Waals surface area (Å²) in [4.78, 5) is 53.2. The van der Waals surface area contributed by atoms with Gasteiger partial charge in [-0.15, -0.1) is 0 Å². The minimum Gasteiger partial charge on any atom is -0.335 e. The van der Waals surface area contributed by atoms with E-state index in [0.29, 0.717) is 38.3 Å². The number of carbonyl (C=O) groups is 4. The molecule has 11 heteroatoms. The molecule has 0 unspecified atom stereocenters. The standard InChI is InChI=1S/C20H25N7O4/c1-3-20(2)18(30)27(19(31)21-20)24-15(28)12-25-8-10-26(11-9-25)17(29)16-13-6-4-5-7-14(13)22-23-16/h4-7H,3,8-12H2,1-2H3,(H,21,31)(H,22,23)(H,24,28)/t20-/m0/s1. The molecule has 2 fully saturated rings. The predicted octanol–water partition coefficient (Wildman–Crippen LogP) is 0.0724. The zero-order valence-electron chi connectivity index (χ0n) is 17.5. The van der Waals surface area contributed by atoms with Crippen molar-refractivity contribution >= 4 is 34.7 Å². The molecule has 31 heavy (non-hydrogen) atoms. The van der Waals surface area contributed by atoms with Gasteiger partial charge >= 0.3 is 6.03 Å². The Bertz CT molecular complexity index is 1040. The van der Waals surface area contributed by atoms with Crippen LogP contribution in [0.2, 0.25) is 0 Å². The molecule has 3 heterocycles. The van der Waals surface area contributed by atoms with Gasteiger partial charge in [0.1, 0.15) is 5.54 Å². The molecule has 11 nitrogen and oxygen atoms in total. The van der Waals surface area contributed by atoms with Crippen LogP contribution in [-0.2, 0) is 9.59 Å². The monoisotopic (exact) mass is 427 g/mol. The Hall–Kier alpha value is -3.47. The van der Waals surface area contributed by atoms with Gasteiger partial charge in [-0.25, -0.2) is 4.79 Å². The first-order valence-electron chi connectivity index (χ1n) is 10.2. The van der Waals surface area contributed by atoms with Crippen LogP contribution < -0.4 is 10.7 Å². The summed E-state index contributed by atoms with van der Waals surface area (Å²) in [5.74, 6) is -1.09. The molecule has 164 valence electrons. The molecule has 0 radical (unpaired) electrons. The van der Waals surface area contributed by atoms with E-state index in [1.807, 2.05) is 29.2 Å². The number of imide groups is 1. The van der Waals surface area contributed by atoms with Crippen molar-refractivity contribution in [2.45, 2.75) is 25.8 Å². The molecule has 5 amide bonds. The normalized spacial score (nSPS) is 22.1. The van der Waals surface area contributed by atoms with Gasteiger partial charge in [-0.1, -0.05) is 25.1 Å². The molecular weight excluding hydrogens is 402 g/mol. The van der Waals surface area contributed by atoms with Crippen LogP contribution in [0.4, 0.5) is 4.79 Å². The summed E-state index contributed by atoms with van der Waals surface area (Å²) in [5.41, 5.74) is 2.58. The van der Waals surface area contributed by atoms with Gasteiger partial charge in [0, 0.05) is 31.6 Å². The summed E-state index contributed by atoms with van der Waals surface area (Å²) >= 11 is 0. The Morgan fingerprint density at radius 1 is 1.16 bits per heavy atom. The van der Waals surface area contributed by atoms with E-state index >= 15 is 0 Å². The van der Waals surface area contributed by atoms with Gasteiger partial charge < -0.3 is 10.2 Å². The molecule has 2 saturated heterocycles. The van der Waals surface area contributed by atoms with E-state index in [0.717, 1.165) is 15.9 Å². The number of nitrogens with one attached hydrogen (secondary N) is 3. The lowest BCUT2D eigenvalue weighted by Gasteiger charge is -2.34. The first kappa shape index (κ1) is 20.8. The summed E-state index contributed by atoms with van der Waals surface area (Å²) in [5, 5.41) is 11.1. The predicted molar refractivity (Wildman–Crippen MR) is 111 cm³/mol. The van der Waals surface area contributed by atoms with Crippen molar-refractivity contribution in [3.63, 3.8) is 0 Å². The summed E-state index contributed by atoms with van der Waals surface area (Å²) < 4.78 is 0. The van der Waals surface area contributed by atoms with Crippen LogP contribution in [0.1, 0.15) is 30.8 Å². The highest BCUT2D eigenvalue weighted by molar-refractivity contribution is 6.07. The van der Waals surface area contributed by atoms with Crippen LogP contribution in [-0.4, -0.2) is 87.0 Å². The maximum atomic E-state index is 12.9. The molecule has 2 aliphatic heterocycles. The van der Waals surface area contributed by atoms with E-state index < -0.39 is 23.4 Å². The highest BCUT2D eigenvalue weighted by Crippen LogP contribution is 2.20. The third kappa shape index (κ3) is 3.83. The van der Waals surface area contributed by atoms with E-state index in [-0.39, 0.29) is 12.5 Å². The summed E-state index contributed by atoms with van der Waals surface area (Å²) in [6.07, 6.45) is 0.422. The average Bonchev–Trinajstić information content (AvgIpc) is 3.29. The number of rotatable bonds is 5. The third-order valence-corrected chi connectivity index (χ3v) is 5.90. The molecule has 0 aliphatic carbocycles. The van der Waals surface area contributed by atoms with Crippen LogP contribution in [0.25, 0.3) is 10.9 Å². The molecule has 2 aliphatic rings. The fraction of sp³-hybridized carbons (Fsp3) is 0.450. The number of nitrogens with zero attached hydrogens (tertiary/aromatic N) is 4. The number of amides is 5. The first-order valence-corrected chi connectivity index (χ1v) is 10.2. The van der Waals surface area contributed by atoms with Crippen molar-refractivity contribution in [1.29, 1.82) is 0 Å². The third-order valence-electron chi connectivity index (χ3n) is 5.90. The number of hydrazine groups is 1. The fourth-order valence-electron chi connectivity index (χ4n) is 3.77. The number of piperazine rings is 1. The Balaban J connectivity index is 1.30. The first-order chi connectivity index (χ1) is 14.8. The van der Waals surface area contributed by atoms with Gasteiger partial charge in [-0.05, 0) is 19.4 Å². The van der Waals surface area contributed by atoms with Gasteiger partial charge in [-0.2, -0.15) is 10.1 Å². The largest absolute Gasteiger partial charge is 0.344 e. The second-order valence-corrected chi connectivity index (χ2v) is 7.98. The lowest BCUT2D eigenvalue weighted by molar-refractivity contribution is -0.139. The summed E-state index contributed by atoms with van der Waals surface area (Å²) in [7, 11) is 0. The van der Waals surface area contributed by atoms with Crippen molar-refractivity contribution in [1.82, 2.24) is 35.7 Å². The van der Waals surface area contributed by atoms with E-state index in [9.17, 15) is 19.2 Å². The fourth-order valence-corrected chi connectivity index (χ4v) is 3.77. The molecule has 2 aromatic rings. The summed E-state index contributed by atoms with van der Waals surface area (Å²) in [6.45, 7) is 5.32. The van der Waals surface area contributed by atoms with Gasteiger partial charge in [0.25, 0.3) is 17.7 Å². The molecule has 0 saturated carbocycles. The summed E-state index contributed by atoms with van der Waals surface area (Å²) in [6, 6.07) is 6.82. The number of benzene rings is 1. The van der Waals surface area contributed by atoms with Crippen LogP contribution in [0.3, 0.4) is 0 Å². The average molecular weight is 427 g/mol. The van der Waals surface area contributed by atoms with Crippen molar-refractivity contribution in [2.24, 2.45) is 0 Å². The lowest BCUT2D eigenvalue weighted by Crippen LogP contribution is -2.54. The minimum atomic E-state index is -1.01. The van der Waals surface area contributed by atoms with Gasteiger partial charge in [-0.3, -0.25) is 29.8 Å². The number of fused-ring (bicyclic) bond motifs is 1. The number of hydrogen-bond donors (Lipinski definition) is 3. The maximum Gasteiger partial charge on any atom is 0.344 e. The van der Waals surface area contributed by atoms with Crippen LogP contribution in [0.5, 0.6) is 0 Å². The Morgan fingerprint density at radius 2 is 1.87 bits per heavy atom. The van der Waals surface area contributed by atoms with Gasteiger partial charge in [0.15, 0.2) is 5.69 Å². The number of hydrogen-bond acceptors (Lipinski definition) is 6. The lowest BCUT2D eigenvalue weighted by atomic mass is 10.00. The smallest absolute Gasteiger partial charge is 0.335 e. The van der Waals surface area contributed by atoms with Crippen molar-refractivity contribution in [3.05, 3.63) is 30.0 Å². The van der Waals surface area contributed by atoms with Crippen molar-refractivity contribution < 1.29 is 19.2 Å². The van der Waals surface area contributed by atoms with Gasteiger partial charge in [0.2, 0.25) is 0 Å². The quantitative estimate of drug-likeness (QED) is 0.579. The van der Waals surface area contributed by atoms with Crippen molar-refractivity contribution in [2.75, 3.05) is 32.7 Å². The van der Waals surface area contributed by atoms with Crippen LogP contribution in [0.15, 0.2) is 24.3 Å². The second kappa shape index (κ2) is 7.99. The number of H-pyrrole nitrogens is 1. The number of urea groups is 1. The number of aromatic amines is 1. The minimum absolute atomic E-state index is 0.0211. The van der Waals surface area contributed by atoms with Crippen molar-refractivity contribution in [3.8, 4) is 0 Å². The zero-order chi connectivity index (χ0) is 22.2. The van der Waals surface area contributed by atoms with Crippen LogP contribution >= 0.6 is 0 Å².